The molecule has 0 aromatic heterocycles. The van der Waals surface area contributed by atoms with Gasteiger partial charge >= 0.3 is 7.12 Å². The first-order valence-electron chi connectivity index (χ1n) is 10.1. The van der Waals surface area contributed by atoms with Crippen molar-refractivity contribution in [2.45, 2.75) is 52.2 Å². The molecule has 1 saturated heterocycles. The van der Waals surface area contributed by atoms with Crippen LogP contribution in [0.4, 0.5) is 10.1 Å². The molecule has 0 amide bonds. The number of halogens is 1. The van der Waals surface area contributed by atoms with Gasteiger partial charge in [0.25, 0.3) is 0 Å². The molecule has 0 atom stereocenters. The molecule has 0 unspecified atom stereocenters. The molecular weight excluding hydrogens is 364 g/mol. The van der Waals surface area contributed by atoms with Gasteiger partial charge in [-0.05, 0) is 79.7 Å². The third-order valence-corrected chi connectivity index (χ3v) is 6.35. The number of rotatable bonds is 3. The molecule has 0 radical (unpaired) electrons. The first-order chi connectivity index (χ1) is 13.6. The van der Waals surface area contributed by atoms with Crippen LogP contribution in [0.5, 0.6) is 0 Å². The molecule has 3 nitrogen and oxygen atoms in total. The summed E-state index contributed by atoms with van der Waals surface area (Å²) < 4.78 is 27.1. The van der Waals surface area contributed by atoms with Crippen LogP contribution < -0.4 is 11.2 Å². The van der Waals surface area contributed by atoms with Crippen molar-refractivity contribution in [3.63, 3.8) is 0 Å². The summed E-state index contributed by atoms with van der Waals surface area (Å²) in [5, 5.41) is 2.17. The van der Waals surface area contributed by atoms with Crippen molar-refractivity contribution >= 4 is 29.0 Å². The van der Waals surface area contributed by atoms with E-state index < -0.39 is 18.3 Å². The minimum atomic E-state index is -0.574. The summed E-state index contributed by atoms with van der Waals surface area (Å²) in [6.07, 6.45) is 0.861. The van der Waals surface area contributed by atoms with Crippen molar-refractivity contribution in [3.8, 4) is 11.1 Å². The van der Waals surface area contributed by atoms with Crippen LogP contribution in [0.1, 0.15) is 40.2 Å². The van der Waals surface area contributed by atoms with E-state index in [0.717, 1.165) is 34.0 Å². The fraction of sp³-hybridized carbons (Fsp3) is 0.333. The molecule has 0 bridgehead atoms. The fourth-order valence-electron chi connectivity index (χ4n) is 3.86. The zero-order valence-electron chi connectivity index (χ0n) is 17.7. The number of hydrogen-bond acceptors (Lipinski definition) is 3. The zero-order chi connectivity index (χ0) is 21.0. The van der Waals surface area contributed by atoms with E-state index in [4.69, 9.17) is 15.0 Å². The lowest BCUT2D eigenvalue weighted by atomic mass is 9.78. The number of fused-ring (bicyclic) bond motifs is 1. The van der Waals surface area contributed by atoms with Gasteiger partial charge in [-0.15, -0.1) is 0 Å². The number of hydrogen-bond donors (Lipinski definition) is 1. The molecule has 150 valence electrons. The Kier molecular flexibility index (Phi) is 4.71. The number of nitrogens with two attached hydrogens (primary N) is 1. The molecule has 1 aliphatic rings. The maximum absolute atomic E-state index is 15.1. The second kappa shape index (κ2) is 6.86. The predicted molar refractivity (Wildman–Crippen MR) is 119 cm³/mol. The van der Waals surface area contributed by atoms with Gasteiger partial charge in [-0.1, -0.05) is 37.3 Å². The van der Waals surface area contributed by atoms with Crippen molar-refractivity contribution < 1.29 is 13.7 Å². The average molecular weight is 391 g/mol. The third kappa shape index (κ3) is 3.32. The Labute approximate surface area is 172 Å². The summed E-state index contributed by atoms with van der Waals surface area (Å²) in [6, 6.07) is 15.1. The maximum Gasteiger partial charge on any atom is 0.494 e. The van der Waals surface area contributed by atoms with Gasteiger partial charge in [0.2, 0.25) is 0 Å². The number of benzene rings is 3. The molecular formula is C24H27BFNO2. The SMILES string of the molecule is CCc1c(N)ccc2cc(-c3ccc(B4OC(C)(C)C(C)(C)O4)cc3F)ccc12. The summed E-state index contributed by atoms with van der Waals surface area (Å²) >= 11 is 0. The number of anilines is 1. The Morgan fingerprint density at radius 1 is 0.931 bits per heavy atom. The third-order valence-electron chi connectivity index (χ3n) is 6.35. The van der Waals surface area contributed by atoms with E-state index in [1.165, 1.54) is 6.07 Å². The molecule has 1 aliphatic heterocycles. The van der Waals surface area contributed by atoms with Crippen LogP contribution in [0.3, 0.4) is 0 Å². The van der Waals surface area contributed by atoms with Crippen molar-refractivity contribution in [1.29, 1.82) is 0 Å². The molecule has 2 N–H and O–H groups in total. The highest BCUT2D eigenvalue weighted by atomic mass is 19.1. The van der Waals surface area contributed by atoms with Crippen molar-refractivity contribution in [2.75, 3.05) is 5.73 Å². The van der Waals surface area contributed by atoms with E-state index in [2.05, 4.69) is 6.92 Å². The maximum atomic E-state index is 15.1. The summed E-state index contributed by atoms with van der Waals surface area (Å²) in [6.45, 7) is 10.1. The zero-order valence-corrected chi connectivity index (χ0v) is 17.7. The van der Waals surface area contributed by atoms with Crippen LogP contribution in [-0.4, -0.2) is 18.3 Å². The largest absolute Gasteiger partial charge is 0.494 e. The first kappa shape index (κ1) is 19.9. The van der Waals surface area contributed by atoms with Crippen LogP contribution in [0.2, 0.25) is 0 Å². The van der Waals surface area contributed by atoms with Crippen molar-refractivity contribution in [2.24, 2.45) is 0 Å². The summed E-state index contributed by atoms with van der Waals surface area (Å²) in [5.74, 6) is -0.289. The Bertz CT molecular complexity index is 1080. The van der Waals surface area contributed by atoms with E-state index in [0.29, 0.717) is 11.0 Å². The highest BCUT2D eigenvalue weighted by Crippen LogP contribution is 2.37. The van der Waals surface area contributed by atoms with Gasteiger partial charge in [0.1, 0.15) is 5.82 Å². The standard InChI is InChI=1S/C24H27BFNO2/c1-6-18-19-10-7-16(13-15(19)8-12-22(18)27)20-11-9-17(14-21(20)26)25-28-23(2,3)24(4,5)29-25/h7-14H,6,27H2,1-5H3. The Morgan fingerprint density at radius 2 is 1.62 bits per heavy atom. The van der Waals surface area contributed by atoms with Gasteiger partial charge in [0.15, 0.2) is 0 Å². The summed E-state index contributed by atoms with van der Waals surface area (Å²) in [5.41, 5.74) is 9.20. The van der Waals surface area contributed by atoms with Crippen LogP contribution in [0.15, 0.2) is 48.5 Å². The average Bonchev–Trinajstić information content (AvgIpc) is 2.88. The van der Waals surface area contributed by atoms with Gasteiger partial charge < -0.3 is 15.0 Å². The lowest BCUT2D eigenvalue weighted by molar-refractivity contribution is 0.00578. The van der Waals surface area contributed by atoms with Crippen LogP contribution in [0.25, 0.3) is 21.9 Å². The Morgan fingerprint density at radius 3 is 2.24 bits per heavy atom. The van der Waals surface area contributed by atoms with Crippen LogP contribution >= 0.6 is 0 Å². The van der Waals surface area contributed by atoms with Crippen molar-refractivity contribution in [1.82, 2.24) is 0 Å². The molecule has 1 fully saturated rings. The molecule has 3 aromatic rings. The molecule has 5 heteroatoms. The molecule has 0 spiro atoms. The van der Waals surface area contributed by atoms with Crippen molar-refractivity contribution in [3.05, 3.63) is 59.9 Å². The number of aryl methyl sites for hydroxylation is 1. The van der Waals surface area contributed by atoms with Gasteiger partial charge in [-0.2, -0.15) is 0 Å². The Balaban J connectivity index is 1.69. The van der Waals surface area contributed by atoms with Crippen LogP contribution in [-0.2, 0) is 15.7 Å². The van der Waals surface area contributed by atoms with E-state index in [1.807, 2.05) is 64.1 Å². The Hall–Kier alpha value is -2.37. The quantitative estimate of drug-likeness (QED) is 0.500. The monoisotopic (exact) mass is 391 g/mol. The van der Waals surface area contributed by atoms with Crippen LogP contribution in [0, 0.1) is 5.82 Å². The van der Waals surface area contributed by atoms with Gasteiger partial charge in [-0.3, -0.25) is 0 Å². The second-order valence-corrected chi connectivity index (χ2v) is 8.75. The molecule has 0 aliphatic carbocycles. The second-order valence-electron chi connectivity index (χ2n) is 8.75. The van der Waals surface area contributed by atoms with Gasteiger partial charge in [0.05, 0.1) is 11.2 Å². The van der Waals surface area contributed by atoms with E-state index in [1.54, 1.807) is 6.07 Å². The minimum absolute atomic E-state index is 0.289. The summed E-state index contributed by atoms with van der Waals surface area (Å²) in [7, 11) is -0.574. The van der Waals surface area contributed by atoms with Gasteiger partial charge in [0, 0.05) is 11.3 Å². The number of nitrogen functional groups attached to an aromatic ring is 1. The minimum Gasteiger partial charge on any atom is -0.399 e. The lowest BCUT2D eigenvalue weighted by Gasteiger charge is -2.32. The molecule has 0 saturated carbocycles. The topological polar surface area (TPSA) is 44.5 Å². The molecule has 1 heterocycles. The molecule has 29 heavy (non-hydrogen) atoms. The predicted octanol–water partition coefficient (Wildman–Crippen LogP) is 5.09. The molecule has 3 aromatic carbocycles. The lowest BCUT2D eigenvalue weighted by Crippen LogP contribution is -2.41. The van der Waals surface area contributed by atoms with Gasteiger partial charge in [-0.25, -0.2) is 4.39 Å². The van der Waals surface area contributed by atoms with E-state index in [-0.39, 0.29) is 5.82 Å². The summed E-state index contributed by atoms with van der Waals surface area (Å²) in [4.78, 5) is 0. The van der Waals surface area contributed by atoms with E-state index >= 15 is 4.39 Å². The fourth-order valence-corrected chi connectivity index (χ4v) is 3.86. The molecule has 4 rings (SSSR count). The normalized spacial score (nSPS) is 17.8. The smallest absolute Gasteiger partial charge is 0.399 e. The highest BCUT2D eigenvalue weighted by molar-refractivity contribution is 6.62. The highest BCUT2D eigenvalue weighted by Gasteiger charge is 2.51. The van der Waals surface area contributed by atoms with E-state index in [9.17, 15) is 0 Å². The first-order valence-corrected chi connectivity index (χ1v) is 10.1.